The van der Waals surface area contributed by atoms with E-state index in [1.54, 1.807) is 6.07 Å². The van der Waals surface area contributed by atoms with Crippen molar-refractivity contribution in [1.82, 2.24) is 4.90 Å². The van der Waals surface area contributed by atoms with Gasteiger partial charge in [0.15, 0.2) is 11.5 Å². The maximum absolute atomic E-state index is 10.4. The third-order valence-electron chi connectivity index (χ3n) is 6.15. The SMILES string of the molecule is CN1CC[C@]23c4c5ccc(O)c4O[C@H]2[C@@H](O)C=C[C@H]3[C@H]1C5.O=P(O)(O)F. The van der Waals surface area contributed by atoms with E-state index in [-0.39, 0.29) is 17.3 Å². The van der Waals surface area contributed by atoms with Crippen LogP contribution in [-0.4, -0.2) is 56.7 Å². The van der Waals surface area contributed by atoms with Gasteiger partial charge < -0.3 is 19.8 Å². The van der Waals surface area contributed by atoms with Crippen molar-refractivity contribution in [3.8, 4) is 11.5 Å². The average molecular weight is 385 g/mol. The van der Waals surface area contributed by atoms with Gasteiger partial charge in [0.1, 0.15) is 12.2 Å². The molecule has 0 unspecified atom stereocenters. The fourth-order valence-electron chi connectivity index (χ4n) is 5.24. The van der Waals surface area contributed by atoms with Crippen molar-refractivity contribution in [3.63, 3.8) is 0 Å². The quantitative estimate of drug-likeness (QED) is 0.393. The predicted molar refractivity (Wildman–Crippen MR) is 90.7 cm³/mol. The highest BCUT2D eigenvalue weighted by atomic mass is 31.2. The molecular weight excluding hydrogens is 364 g/mol. The minimum absolute atomic E-state index is 0.160. The Morgan fingerprint density at radius 1 is 1.35 bits per heavy atom. The molecule has 2 aliphatic heterocycles. The first-order valence-corrected chi connectivity index (χ1v) is 9.97. The number of rotatable bonds is 0. The summed E-state index contributed by atoms with van der Waals surface area (Å²) in [5.74, 6) is 1.19. The molecule has 1 spiro atoms. The largest absolute Gasteiger partial charge is 0.507 e. The van der Waals surface area contributed by atoms with E-state index >= 15 is 0 Å². The molecule has 1 aromatic carbocycles. The summed E-state index contributed by atoms with van der Waals surface area (Å²) in [7, 11) is -2.95. The van der Waals surface area contributed by atoms with Crippen LogP contribution in [0.1, 0.15) is 17.5 Å². The zero-order chi connectivity index (χ0) is 18.9. The minimum Gasteiger partial charge on any atom is -0.504 e. The molecule has 2 aliphatic carbocycles. The first-order valence-electron chi connectivity index (χ1n) is 8.46. The normalized spacial score (nSPS) is 36.7. The van der Waals surface area contributed by atoms with Gasteiger partial charge in [0.25, 0.3) is 0 Å². The lowest BCUT2D eigenvalue weighted by atomic mass is 9.53. The molecule has 4 aliphatic rings. The second-order valence-electron chi connectivity index (χ2n) is 7.40. The van der Waals surface area contributed by atoms with Gasteiger partial charge >= 0.3 is 7.91 Å². The molecule has 0 amide bonds. The third kappa shape index (κ3) is 2.52. The van der Waals surface area contributed by atoms with Crippen LogP contribution in [0.15, 0.2) is 24.3 Å². The molecule has 5 rings (SSSR count). The van der Waals surface area contributed by atoms with Gasteiger partial charge in [-0.1, -0.05) is 18.2 Å². The van der Waals surface area contributed by atoms with Crippen LogP contribution in [0.4, 0.5) is 4.20 Å². The van der Waals surface area contributed by atoms with Crippen molar-refractivity contribution in [1.29, 1.82) is 0 Å². The number of ether oxygens (including phenoxy) is 1. The van der Waals surface area contributed by atoms with Gasteiger partial charge in [0.2, 0.25) is 0 Å². The highest BCUT2D eigenvalue weighted by Gasteiger charge is 2.64. The number of phenols is 1. The fourth-order valence-corrected chi connectivity index (χ4v) is 5.24. The number of aromatic hydroxyl groups is 1. The molecule has 1 fully saturated rings. The smallest absolute Gasteiger partial charge is 0.504 e. The molecule has 0 radical (unpaired) electrons. The Balaban J connectivity index is 0.000000301. The highest BCUT2D eigenvalue weighted by Crippen LogP contribution is 2.62. The Bertz CT molecular complexity index is 817. The molecular formula is C17H21FNO6P. The highest BCUT2D eigenvalue weighted by molar-refractivity contribution is 7.45. The number of nitrogens with zero attached hydrogens (tertiary/aromatic N) is 1. The lowest BCUT2D eigenvalue weighted by Crippen LogP contribution is -2.64. The number of hydrogen-bond acceptors (Lipinski definition) is 5. The number of aliphatic hydroxyl groups excluding tert-OH is 1. The summed E-state index contributed by atoms with van der Waals surface area (Å²) in [6, 6.07) is 4.23. The number of hydrogen-bond donors (Lipinski definition) is 4. The Hall–Kier alpha value is -1.44. The van der Waals surface area contributed by atoms with E-state index in [0.29, 0.717) is 17.7 Å². The molecule has 5 atom stereocenters. The van der Waals surface area contributed by atoms with E-state index in [9.17, 15) is 14.4 Å². The molecule has 4 N–H and O–H groups in total. The van der Waals surface area contributed by atoms with Crippen molar-refractivity contribution in [2.75, 3.05) is 13.6 Å². The number of piperidine rings is 1. The zero-order valence-corrected chi connectivity index (χ0v) is 15.0. The van der Waals surface area contributed by atoms with E-state index in [1.807, 2.05) is 12.1 Å². The number of benzene rings is 1. The maximum atomic E-state index is 10.4. The molecule has 9 heteroatoms. The molecule has 7 nitrogen and oxygen atoms in total. The molecule has 1 saturated heterocycles. The van der Waals surface area contributed by atoms with Crippen LogP contribution in [0, 0.1) is 5.92 Å². The van der Waals surface area contributed by atoms with E-state index in [2.05, 4.69) is 18.0 Å². The average Bonchev–Trinajstić information content (AvgIpc) is 2.89. The Morgan fingerprint density at radius 2 is 2.04 bits per heavy atom. The van der Waals surface area contributed by atoms with Gasteiger partial charge in [-0.25, -0.2) is 4.57 Å². The summed E-state index contributed by atoms with van der Waals surface area (Å²) in [6.07, 6.45) is 5.18. The van der Waals surface area contributed by atoms with Crippen LogP contribution in [0.2, 0.25) is 0 Å². The first-order chi connectivity index (χ1) is 12.1. The second-order valence-corrected chi connectivity index (χ2v) is 8.35. The van der Waals surface area contributed by atoms with Gasteiger partial charge in [-0.2, -0.15) is 0 Å². The van der Waals surface area contributed by atoms with Crippen molar-refractivity contribution in [3.05, 3.63) is 35.4 Å². The molecule has 2 heterocycles. The lowest BCUT2D eigenvalue weighted by Gasteiger charge is -2.56. The van der Waals surface area contributed by atoms with Crippen LogP contribution in [0.25, 0.3) is 0 Å². The fraction of sp³-hybridized carbons (Fsp3) is 0.529. The summed E-state index contributed by atoms with van der Waals surface area (Å²) >= 11 is 0. The summed E-state index contributed by atoms with van der Waals surface area (Å²) in [5, 5.41) is 20.6. The molecule has 0 saturated carbocycles. The summed E-state index contributed by atoms with van der Waals surface area (Å²) < 4.78 is 25.1. The van der Waals surface area contributed by atoms with Gasteiger partial charge in [-0.15, -0.1) is 4.20 Å². The van der Waals surface area contributed by atoms with E-state index in [0.717, 1.165) is 19.4 Å². The summed E-state index contributed by atoms with van der Waals surface area (Å²) in [4.78, 5) is 16.4. The number of likely N-dealkylation sites (tertiary alicyclic amines) is 1. The molecule has 0 aromatic heterocycles. The van der Waals surface area contributed by atoms with Crippen LogP contribution in [0.5, 0.6) is 11.5 Å². The summed E-state index contributed by atoms with van der Waals surface area (Å²) in [6.45, 7) is 1.01. The molecule has 1 aromatic rings. The van der Waals surface area contributed by atoms with Crippen molar-refractivity contribution in [2.24, 2.45) is 5.92 Å². The van der Waals surface area contributed by atoms with Crippen molar-refractivity contribution >= 4 is 7.91 Å². The van der Waals surface area contributed by atoms with E-state index < -0.39 is 14.0 Å². The molecule has 2 bridgehead atoms. The minimum atomic E-state index is -5.14. The third-order valence-corrected chi connectivity index (χ3v) is 6.15. The standard InChI is InChI=1S/C17H19NO3.FH2O3P/c1-18-7-6-17-10-3-5-13(20)16(17)21-15-12(19)4-2-9(14(15)17)8-11(10)18;1-5(2,3)4/h2-5,10-11,13,16,19-20H,6-8H2,1H3;(H2,2,3,4)/t10-,11+,13-,16-,17-;/m0./s1. The molecule has 142 valence electrons. The Labute approximate surface area is 150 Å². The maximum Gasteiger partial charge on any atom is 0.507 e. The van der Waals surface area contributed by atoms with Gasteiger partial charge in [0, 0.05) is 22.9 Å². The topological polar surface area (TPSA) is 110 Å². The van der Waals surface area contributed by atoms with E-state index in [1.165, 1.54) is 11.1 Å². The molecule has 26 heavy (non-hydrogen) atoms. The van der Waals surface area contributed by atoms with Crippen LogP contribution < -0.4 is 4.74 Å². The van der Waals surface area contributed by atoms with Gasteiger partial charge in [-0.3, -0.25) is 9.79 Å². The van der Waals surface area contributed by atoms with Crippen molar-refractivity contribution < 1.29 is 33.5 Å². The van der Waals surface area contributed by atoms with Crippen LogP contribution >= 0.6 is 7.91 Å². The van der Waals surface area contributed by atoms with E-state index in [4.69, 9.17) is 19.1 Å². The Kier molecular flexibility index (Phi) is 3.99. The monoisotopic (exact) mass is 385 g/mol. The predicted octanol–water partition coefficient (Wildman–Crippen LogP) is 1.25. The number of aliphatic hydroxyl groups is 1. The lowest BCUT2D eigenvalue weighted by molar-refractivity contribution is -0.0453. The van der Waals surface area contributed by atoms with Crippen molar-refractivity contribution in [2.45, 2.75) is 36.5 Å². The van der Waals surface area contributed by atoms with Gasteiger partial charge in [0.05, 0.1) is 0 Å². The summed E-state index contributed by atoms with van der Waals surface area (Å²) in [5.41, 5.74) is 2.29. The number of halogens is 1. The second kappa shape index (κ2) is 5.78. The van der Waals surface area contributed by atoms with Gasteiger partial charge in [-0.05, 0) is 38.1 Å². The zero-order valence-electron chi connectivity index (χ0n) is 14.1. The first kappa shape index (κ1) is 17.9. The van der Waals surface area contributed by atoms with Crippen LogP contribution in [-0.2, 0) is 16.4 Å². The van der Waals surface area contributed by atoms with Crippen LogP contribution in [0.3, 0.4) is 0 Å². The Morgan fingerprint density at radius 3 is 2.73 bits per heavy atom. The number of likely N-dealkylation sites (N-methyl/N-ethyl adjacent to an activating group) is 1. The number of phenolic OH excluding ortho intramolecular Hbond substituents is 1.